The molecule has 6 heteroatoms. The van der Waals surface area contributed by atoms with Gasteiger partial charge < -0.3 is 10.2 Å². The summed E-state index contributed by atoms with van der Waals surface area (Å²) in [6.45, 7) is 0.187. The van der Waals surface area contributed by atoms with Gasteiger partial charge in [-0.05, 0) is 47.4 Å². The Bertz CT molecular complexity index is 984. The van der Waals surface area contributed by atoms with Gasteiger partial charge in [0.25, 0.3) is 0 Å². The second-order valence-corrected chi connectivity index (χ2v) is 7.63. The molecule has 3 rings (SSSR count). The Kier molecular flexibility index (Phi) is 5.25. The molecule has 0 aliphatic rings. The van der Waals surface area contributed by atoms with Gasteiger partial charge >= 0.3 is 0 Å². The Labute approximate surface area is 152 Å². The highest BCUT2D eigenvalue weighted by atomic mass is 32.2. The number of hydrogen-bond donors (Lipinski definition) is 3. The third-order valence-electron chi connectivity index (χ3n) is 4.02. The van der Waals surface area contributed by atoms with Gasteiger partial charge in [-0.15, -0.1) is 0 Å². The van der Waals surface area contributed by atoms with Gasteiger partial charge in [-0.3, -0.25) is 0 Å². The monoisotopic (exact) mass is 369 g/mol. The van der Waals surface area contributed by atoms with Crippen LogP contribution in [0.15, 0.2) is 77.7 Å². The molecule has 0 saturated carbocycles. The van der Waals surface area contributed by atoms with Crippen molar-refractivity contribution in [1.29, 1.82) is 0 Å². The summed E-state index contributed by atoms with van der Waals surface area (Å²) in [7, 11) is -3.61. The van der Waals surface area contributed by atoms with Gasteiger partial charge in [0.15, 0.2) is 11.5 Å². The summed E-state index contributed by atoms with van der Waals surface area (Å²) >= 11 is 0. The lowest BCUT2D eigenvalue weighted by atomic mass is 10.1. The summed E-state index contributed by atoms with van der Waals surface area (Å²) in [5.74, 6) is -0.422. The normalized spacial score (nSPS) is 11.4. The molecule has 3 N–H and O–H groups in total. The quantitative estimate of drug-likeness (QED) is 0.582. The molecule has 134 valence electrons. The smallest absolute Gasteiger partial charge is 0.240 e. The number of aromatic hydroxyl groups is 2. The first kappa shape index (κ1) is 18.0. The van der Waals surface area contributed by atoms with Gasteiger partial charge in [-0.2, -0.15) is 0 Å². The van der Waals surface area contributed by atoms with E-state index < -0.39 is 10.0 Å². The molecular weight excluding hydrogens is 350 g/mol. The lowest BCUT2D eigenvalue weighted by molar-refractivity contribution is 0.403. The average molecular weight is 369 g/mol. The van der Waals surface area contributed by atoms with E-state index in [1.807, 2.05) is 30.3 Å². The van der Waals surface area contributed by atoms with Gasteiger partial charge in [0.05, 0.1) is 4.90 Å². The standard InChI is InChI=1S/C20H19NO4S/c22-19-11-6-15(14-20(19)23)12-13-21-26(24,25)18-9-7-17(8-10-18)16-4-2-1-3-5-16/h1-11,14,21-23H,12-13H2. The Morgan fingerprint density at radius 3 is 2.08 bits per heavy atom. The number of nitrogens with one attached hydrogen (secondary N) is 1. The molecule has 3 aromatic carbocycles. The Hall–Kier alpha value is -2.83. The van der Waals surface area contributed by atoms with E-state index in [1.54, 1.807) is 30.3 Å². The number of benzene rings is 3. The molecule has 0 aliphatic heterocycles. The van der Waals surface area contributed by atoms with Crippen molar-refractivity contribution in [3.05, 3.63) is 78.4 Å². The van der Waals surface area contributed by atoms with E-state index in [2.05, 4.69) is 4.72 Å². The summed E-state index contributed by atoms with van der Waals surface area (Å²) in [5.41, 5.74) is 2.70. The summed E-state index contributed by atoms with van der Waals surface area (Å²) in [6, 6.07) is 20.9. The molecule has 0 spiro atoms. The second-order valence-electron chi connectivity index (χ2n) is 5.86. The van der Waals surface area contributed by atoms with Crippen LogP contribution in [0.25, 0.3) is 11.1 Å². The topological polar surface area (TPSA) is 86.6 Å². The third kappa shape index (κ3) is 4.22. The van der Waals surface area contributed by atoms with E-state index in [1.165, 1.54) is 12.1 Å². The fourth-order valence-corrected chi connectivity index (χ4v) is 3.63. The Morgan fingerprint density at radius 1 is 0.769 bits per heavy atom. The van der Waals surface area contributed by atoms with Crippen molar-refractivity contribution in [2.45, 2.75) is 11.3 Å². The van der Waals surface area contributed by atoms with Crippen LogP contribution in [0.3, 0.4) is 0 Å². The van der Waals surface area contributed by atoms with Gasteiger partial charge in [0.1, 0.15) is 0 Å². The van der Waals surface area contributed by atoms with E-state index >= 15 is 0 Å². The molecule has 0 atom stereocenters. The van der Waals surface area contributed by atoms with Crippen LogP contribution in [0.5, 0.6) is 11.5 Å². The van der Waals surface area contributed by atoms with Crippen LogP contribution in [0, 0.1) is 0 Å². The average Bonchev–Trinajstić information content (AvgIpc) is 2.65. The molecule has 0 saturated heterocycles. The Morgan fingerprint density at radius 2 is 1.42 bits per heavy atom. The number of sulfonamides is 1. The SMILES string of the molecule is O=S(=O)(NCCc1ccc(O)c(O)c1)c1ccc(-c2ccccc2)cc1. The van der Waals surface area contributed by atoms with Crippen LogP contribution >= 0.6 is 0 Å². The van der Waals surface area contributed by atoms with Gasteiger partial charge in [0, 0.05) is 6.54 Å². The van der Waals surface area contributed by atoms with Gasteiger partial charge in [-0.25, -0.2) is 13.1 Å². The molecule has 26 heavy (non-hydrogen) atoms. The fourth-order valence-electron chi connectivity index (χ4n) is 2.59. The van der Waals surface area contributed by atoms with E-state index in [-0.39, 0.29) is 22.9 Å². The maximum Gasteiger partial charge on any atom is 0.240 e. The van der Waals surface area contributed by atoms with Crippen LogP contribution in [0.4, 0.5) is 0 Å². The largest absolute Gasteiger partial charge is 0.504 e. The van der Waals surface area contributed by atoms with Crippen LogP contribution in [-0.4, -0.2) is 25.2 Å². The summed E-state index contributed by atoms with van der Waals surface area (Å²) < 4.78 is 27.3. The van der Waals surface area contributed by atoms with E-state index in [4.69, 9.17) is 0 Å². The second kappa shape index (κ2) is 7.59. The van der Waals surface area contributed by atoms with E-state index in [0.29, 0.717) is 6.42 Å². The molecule has 0 heterocycles. The van der Waals surface area contributed by atoms with Crippen molar-refractivity contribution in [2.24, 2.45) is 0 Å². The molecule has 0 radical (unpaired) electrons. The predicted molar refractivity (Wildman–Crippen MR) is 101 cm³/mol. The zero-order chi connectivity index (χ0) is 18.6. The van der Waals surface area contributed by atoms with Crippen LogP contribution in [-0.2, 0) is 16.4 Å². The zero-order valence-electron chi connectivity index (χ0n) is 14.0. The maximum absolute atomic E-state index is 12.4. The molecule has 0 bridgehead atoms. The van der Waals surface area contributed by atoms with E-state index in [0.717, 1.165) is 16.7 Å². The first-order valence-corrected chi connectivity index (χ1v) is 9.60. The number of rotatable bonds is 6. The molecule has 0 unspecified atom stereocenters. The lowest BCUT2D eigenvalue weighted by Gasteiger charge is -2.08. The molecule has 0 aromatic heterocycles. The van der Waals surface area contributed by atoms with E-state index in [9.17, 15) is 18.6 Å². The molecule has 0 fully saturated rings. The van der Waals surface area contributed by atoms with Gasteiger partial charge in [-0.1, -0.05) is 48.5 Å². The molecular formula is C20H19NO4S. The maximum atomic E-state index is 12.4. The lowest BCUT2D eigenvalue weighted by Crippen LogP contribution is -2.25. The Balaban J connectivity index is 1.65. The number of phenolic OH excluding ortho intramolecular Hbond substituents is 2. The minimum atomic E-state index is -3.61. The van der Waals surface area contributed by atoms with Crippen molar-refractivity contribution in [1.82, 2.24) is 4.72 Å². The van der Waals surface area contributed by atoms with Crippen molar-refractivity contribution in [3.8, 4) is 22.6 Å². The first-order valence-electron chi connectivity index (χ1n) is 8.12. The summed E-state index contributed by atoms with van der Waals surface area (Å²) in [5, 5.41) is 18.8. The highest BCUT2D eigenvalue weighted by Gasteiger charge is 2.13. The first-order chi connectivity index (χ1) is 12.5. The number of phenols is 2. The minimum absolute atomic E-state index is 0.187. The fraction of sp³-hybridized carbons (Fsp3) is 0.100. The summed E-state index contributed by atoms with van der Waals surface area (Å²) in [4.78, 5) is 0.200. The predicted octanol–water partition coefficient (Wildman–Crippen LogP) is 3.29. The molecule has 3 aromatic rings. The van der Waals surface area contributed by atoms with Gasteiger partial charge in [0.2, 0.25) is 10.0 Å². The number of hydrogen-bond acceptors (Lipinski definition) is 4. The highest BCUT2D eigenvalue weighted by Crippen LogP contribution is 2.25. The highest BCUT2D eigenvalue weighted by molar-refractivity contribution is 7.89. The van der Waals surface area contributed by atoms with Crippen molar-refractivity contribution >= 4 is 10.0 Å². The molecule has 0 amide bonds. The zero-order valence-corrected chi connectivity index (χ0v) is 14.8. The third-order valence-corrected chi connectivity index (χ3v) is 5.49. The minimum Gasteiger partial charge on any atom is -0.504 e. The molecule has 0 aliphatic carbocycles. The van der Waals surface area contributed by atoms with Crippen LogP contribution < -0.4 is 4.72 Å². The van der Waals surface area contributed by atoms with Crippen LogP contribution in [0.2, 0.25) is 0 Å². The van der Waals surface area contributed by atoms with Crippen molar-refractivity contribution in [2.75, 3.05) is 6.54 Å². The van der Waals surface area contributed by atoms with Crippen molar-refractivity contribution < 1.29 is 18.6 Å². The van der Waals surface area contributed by atoms with Crippen LogP contribution in [0.1, 0.15) is 5.56 Å². The molecule has 5 nitrogen and oxygen atoms in total. The summed E-state index contributed by atoms with van der Waals surface area (Å²) in [6.07, 6.45) is 0.398. The van der Waals surface area contributed by atoms with Crippen molar-refractivity contribution in [3.63, 3.8) is 0 Å².